The van der Waals surface area contributed by atoms with Crippen LogP contribution in [0.3, 0.4) is 0 Å². The summed E-state index contributed by atoms with van der Waals surface area (Å²) in [5, 5.41) is 42.3. The van der Waals surface area contributed by atoms with E-state index in [0.29, 0.717) is 12.0 Å². The first-order valence-electron chi connectivity index (χ1n) is 12.1. The molecule has 0 aliphatic heterocycles. The molecule has 2 aromatic carbocycles. The van der Waals surface area contributed by atoms with Crippen LogP contribution in [0.4, 0.5) is 0 Å². The van der Waals surface area contributed by atoms with E-state index in [1.807, 2.05) is 13.0 Å². The minimum Gasteiger partial charge on any atom is -0.507 e. The lowest BCUT2D eigenvalue weighted by Crippen LogP contribution is -2.19. The molecule has 0 saturated heterocycles. The molecule has 0 aliphatic carbocycles. The van der Waals surface area contributed by atoms with Gasteiger partial charge in [-0.1, -0.05) is 23.3 Å². The SMILES string of the molecule is COc1c(O)cc2oc3cc(O)c(CCC(C)(C)O)c(O)c3c(=O)c2c1C/C=C(\C)CCC=C(C)C. The number of phenols is 3. The van der Waals surface area contributed by atoms with E-state index in [9.17, 15) is 25.2 Å². The molecule has 0 atom stereocenters. The van der Waals surface area contributed by atoms with Crippen LogP contribution in [0, 0.1) is 0 Å². The standard InChI is InChI=1S/C29H36O7/c1-16(2)8-7-9-17(3)10-11-19-24-22(15-21(31)28(19)35-6)36-23-14-20(30)18(12-13-29(4,5)34)26(32)25(23)27(24)33/h8,10,14-15,30-32,34H,7,9,11-13H2,1-6H3/b17-10+. The number of ether oxygens (including phenoxy) is 1. The number of methoxy groups -OCH3 is 1. The molecule has 36 heavy (non-hydrogen) atoms. The zero-order valence-corrected chi connectivity index (χ0v) is 21.9. The van der Waals surface area contributed by atoms with Crippen LogP contribution in [0.5, 0.6) is 23.0 Å². The monoisotopic (exact) mass is 496 g/mol. The number of hydrogen-bond acceptors (Lipinski definition) is 7. The summed E-state index contributed by atoms with van der Waals surface area (Å²) in [4.78, 5) is 13.7. The van der Waals surface area contributed by atoms with Crippen molar-refractivity contribution in [2.45, 2.75) is 72.3 Å². The third-order valence-corrected chi connectivity index (χ3v) is 6.28. The highest BCUT2D eigenvalue weighted by atomic mass is 16.5. The van der Waals surface area contributed by atoms with Crippen molar-refractivity contribution in [1.82, 2.24) is 0 Å². The van der Waals surface area contributed by atoms with Crippen LogP contribution in [-0.2, 0) is 12.8 Å². The van der Waals surface area contributed by atoms with Crippen molar-refractivity contribution in [2.24, 2.45) is 0 Å². The number of aromatic hydroxyl groups is 3. The van der Waals surface area contributed by atoms with Crippen molar-refractivity contribution in [2.75, 3.05) is 7.11 Å². The van der Waals surface area contributed by atoms with Gasteiger partial charge in [-0.15, -0.1) is 0 Å². The van der Waals surface area contributed by atoms with E-state index in [2.05, 4.69) is 19.9 Å². The number of rotatable bonds is 9. The Kier molecular flexibility index (Phi) is 8.04. The lowest BCUT2D eigenvalue weighted by atomic mass is 9.95. The molecule has 3 rings (SSSR count). The molecule has 194 valence electrons. The minimum atomic E-state index is -1.02. The first-order chi connectivity index (χ1) is 16.8. The van der Waals surface area contributed by atoms with Gasteiger partial charge in [0.2, 0.25) is 5.43 Å². The first-order valence-corrected chi connectivity index (χ1v) is 12.1. The Morgan fingerprint density at radius 2 is 1.64 bits per heavy atom. The molecular weight excluding hydrogens is 460 g/mol. The lowest BCUT2D eigenvalue weighted by molar-refractivity contribution is 0.0711. The smallest absolute Gasteiger partial charge is 0.204 e. The van der Waals surface area contributed by atoms with Crippen molar-refractivity contribution in [3.05, 3.63) is 56.8 Å². The zero-order chi connectivity index (χ0) is 26.8. The van der Waals surface area contributed by atoms with Crippen molar-refractivity contribution >= 4 is 21.9 Å². The maximum Gasteiger partial charge on any atom is 0.204 e. The molecule has 0 bridgehead atoms. The van der Waals surface area contributed by atoms with Crippen LogP contribution >= 0.6 is 0 Å². The zero-order valence-electron chi connectivity index (χ0n) is 21.9. The Bertz CT molecular complexity index is 1400. The van der Waals surface area contributed by atoms with Crippen molar-refractivity contribution in [3.8, 4) is 23.0 Å². The average Bonchev–Trinajstić information content (AvgIpc) is 2.75. The molecule has 1 heterocycles. The van der Waals surface area contributed by atoms with Gasteiger partial charge in [-0.3, -0.25) is 4.79 Å². The van der Waals surface area contributed by atoms with E-state index in [-0.39, 0.29) is 63.3 Å². The Hall–Kier alpha value is -3.45. The summed E-state index contributed by atoms with van der Waals surface area (Å²) in [6.45, 7) is 9.38. The Labute approximate surface area is 211 Å². The van der Waals surface area contributed by atoms with Crippen molar-refractivity contribution in [3.63, 3.8) is 0 Å². The van der Waals surface area contributed by atoms with Gasteiger partial charge in [0.25, 0.3) is 0 Å². The van der Waals surface area contributed by atoms with E-state index in [1.54, 1.807) is 13.8 Å². The fourth-order valence-electron chi connectivity index (χ4n) is 4.29. The molecule has 0 radical (unpaired) electrons. The highest BCUT2D eigenvalue weighted by molar-refractivity contribution is 5.97. The highest BCUT2D eigenvalue weighted by Gasteiger charge is 2.24. The molecule has 7 heteroatoms. The molecular formula is C29H36O7. The first kappa shape index (κ1) is 27.1. The molecule has 0 unspecified atom stereocenters. The van der Waals surface area contributed by atoms with Crippen molar-refractivity contribution in [1.29, 1.82) is 0 Å². The maximum absolute atomic E-state index is 13.7. The molecule has 0 saturated carbocycles. The molecule has 0 amide bonds. The topological polar surface area (TPSA) is 120 Å². The molecule has 1 aromatic heterocycles. The van der Waals surface area contributed by atoms with Gasteiger partial charge in [-0.2, -0.15) is 0 Å². The van der Waals surface area contributed by atoms with Crippen LogP contribution in [0.1, 0.15) is 65.0 Å². The van der Waals surface area contributed by atoms with Gasteiger partial charge in [0.1, 0.15) is 28.1 Å². The third kappa shape index (κ3) is 5.85. The summed E-state index contributed by atoms with van der Waals surface area (Å²) >= 11 is 0. The summed E-state index contributed by atoms with van der Waals surface area (Å²) in [6, 6.07) is 2.59. The van der Waals surface area contributed by atoms with Gasteiger partial charge in [0, 0.05) is 23.3 Å². The fourth-order valence-corrected chi connectivity index (χ4v) is 4.29. The van der Waals surface area contributed by atoms with Crippen molar-refractivity contribution < 1.29 is 29.6 Å². The summed E-state index contributed by atoms with van der Waals surface area (Å²) in [7, 11) is 1.42. The normalized spacial score (nSPS) is 12.4. The third-order valence-electron chi connectivity index (χ3n) is 6.28. The molecule has 4 N–H and O–H groups in total. The predicted octanol–water partition coefficient (Wildman–Crippen LogP) is 6.01. The maximum atomic E-state index is 13.7. The van der Waals surface area contributed by atoms with Crippen LogP contribution in [0.15, 0.2) is 44.6 Å². The second kappa shape index (κ2) is 10.7. The van der Waals surface area contributed by atoms with Gasteiger partial charge in [-0.25, -0.2) is 0 Å². The average molecular weight is 497 g/mol. The Morgan fingerprint density at radius 3 is 2.25 bits per heavy atom. The van der Waals surface area contributed by atoms with Crippen LogP contribution in [0.2, 0.25) is 0 Å². The second-order valence-electron chi connectivity index (χ2n) is 10.2. The summed E-state index contributed by atoms with van der Waals surface area (Å²) in [6.07, 6.45) is 6.65. The van der Waals surface area contributed by atoms with Gasteiger partial charge in [-0.05, 0) is 66.7 Å². The second-order valence-corrected chi connectivity index (χ2v) is 10.2. The van der Waals surface area contributed by atoms with Crippen LogP contribution in [-0.4, -0.2) is 33.1 Å². The molecule has 0 spiro atoms. The van der Waals surface area contributed by atoms with Gasteiger partial charge >= 0.3 is 0 Å². The van der Waals surface area contributed by atoms with Gasteiger partial charge in [0.05, 0.1) is 18.1 Å². The molecule has 0 aliphatic rings. The summed E-state index contributed by atoms with van der Waals surface area (Å²) in [5.41, 5.74) is 1.61. The Balaban J connectivity index is 2.22. The van der Waals surface area contributed by atoms with Gasteiger partial charge < -0.3 is 29.6 Å². The van der Waals surface area contributed by atoms with E-state index in [0.717, 1.165) is 18.4 Å². The fraction of sp³-hybridized carbons (Fsp3) is 0.414. The molecule has 7 nitrogen and oxygen atoms in total. The highest BCUT2D eigenvalue weighted by Crippen LogP contribution is 2.41. The van der Waals surface area contributed by atoms with E-state index < -0.39 is 11.0 Å². The van der Waals surface area contributed by atoms with Crippen LogP contribution < -0.4 is 10.2 Å². The van der Waals surface area contributed by atoms with Gasteiger partial charge in [0.15, 0.2) is 11.5 Å². The number of fused-ring (bicyclic) bond motifs is 2. The molecule has 0 fully saturated rings. The number of hydrogen-bond donors (Lipinski definition) is 4. The number of phenolic OH excluding ortho intramolecular Hbond substituents is 3. The van der Waals surface area contributed by atoms with E-state index in [4.69, 9.17) is 9.15 Å². The summed E-state index contributed by atoms with van der Waals surface area (Å²) in [5.74, 6) is -0.618. The van der Waals surface area contributed by atoms with E-state index >= 15 is 0 Å². The molecule has 3 aromatic rings. The Morgan fingerprint density at radius 1 is 1.00 bits per heavy atom. The quantitative estimate of drug-likeness (QED) is 0.211. The minimum absolute atomic E-state index is 0.00142. The number of aliphatic hydroxyl groups is 1. The predicted molar refractivity (Wildman–Crippen MR) is 142 cm³/mol. The van der Waals surface area contributed by atoms with Crippen LogP contribution in [0.25, 0.3) is 21.9 Å². The van der Waals surface area contributed by atoms with E-state index in [1.165, 1.54) is 24.8 Å². The summed E-state index contributed by atoms with van der Waals surface area (Å²) < 4.78 is 11.3. The lowest BCUT2D eigenvalue weighted by Gasteiger charge is -2.18. The number of allylic oxidation sites excluding steroid dienone is 4. The number of benzene rings is 2. The largest absolute Gasteiger partial charge is 0.507 e.